The van der Waals surface area contributed by atoms with Gasteiger partial charge in [0.05, 0.1) is 5.60 Å². The molecule has 1 aliphatic carbocycles. The Morgan fingerprint density at radius 2 is 2.25 bits per heavy atom. The van der Waals surface area contributed by atoms with Crippen molar-refractivity contribution < 1.29 is 5.11 Å². The van der Waals surface area contributed by atoms with Crippen LogP contribution in [0.1, 0.15) is 50.3 Å². The molecule has 0 saturated carbocycles. The number of nitrogens with zero attached hydrogens (tertiary/aromatic N) is 1. The van der Waals surface area contributed by atoms with E-state index in [1.807, 2.05) is 0 Å². The van der Waals surface area contributed by atoms with E-state index in [-0.39, 0.29) is 0 Å². The number of aliphatic hydroxyl groups is 1. The zero-order valence-electron chi connectivity index (χ0n) is 10.2. The maximum atomic E-state index is 10.6. The van der Waals surface area contributed by atoms with Crippen molar-refractivity contribution in [2.75, 3.05) is 6.54 Å². The van der Waals surface area contributed by atoms with Crippen LogP contribution in [0.15, 0.2) is 12.4 Å². The predicted octanol–water partition coefficient (Wildman–Crippen LogP) is 1.94. The first-order valence-corrected chi connectivity index (χ1v) is 6.20. The number of fused-ring (bicyclic) bond motifs is 1. The lowest BCUT2D eigenvalue weighted by atomic mass is 9.79. The third-order valence-electron chi connectivity index (χ3n) is 3.62. The van der Waals surface area contributed by atoms with Crippen molar-refractivity contribution in [3.63, 3.8) is 0 Å². The summed E-state index contributed by atoms with van der Waals surface area (Å²) in [7, 11) is 0. The Hall–Kier alpha value is -0.800. The van der Waals surface area contributed by atoms with Crippen molar-refractivity contribution in [3.8, 4) is 0 Å². The van der Waals surface area contributed by atoms with Crippen LogP contribution in [0, 0.1) is 0 Å². The van der Waals surface area contributed by atoms with Crippen molar-refractivity contribution in [3.05, 3.63) is 23.5 Å². The van der Waals surface area contributed by atoms with Crippen LogP contribution in [-0.2, 0) is 12.0 Å². The molecule has 1 aliphatic rings. The summed E-state index contributed by atoms with van der Waals surface area (Å²) in [5.41, 5.74) is 7.33. The summed E-state index contributed by atoms with van der Waals surface area (Å²) in [4.78, 5) is 0. The predicted molar refractivity (Wildman–Crippen MR) is 65.3 cm³/mol. The van der Waals surface area contributed by atoms with E-state index >= 15 is 0 Å². The maximum Gasteiger partial charge on any atom is 0.0925 e. The molecular formula is C13H22N2O. The molecule has 2 rings (SSSR count). The van der Waals surface area contributed by atoms with Crippen LogP contribution in [-0.4, -0.2) is 16.2 Å². The van der Waals surface area contributed by atoms with Gasteiger partial charge >= 0.3 is 0 Å². The Kier molecular flexibility index (Phi) is 3.08. The van der Waals surface area contributed by atoms with Crippen LogP contribution in [0.4, 0.5) is 0 Å². The normalized spacial score (nSPS) is 24.8. The molecule has 1 aromatic rings. The molecule has 0 fully saturated rings. The molecule has 16 heavy (non-hydrogen) atoms. The number of aromatic nitrogens is 1. The molecule has 0 aromatic carbocycles. The van der Waals surface area contributed by atoms with E-state index in [0.29, 0.717) is 19.0 Å². The zero-order valence-corrected chi connectivity index (χ0v) is 10.2. The highest BCUT2D eigenvalue weighted by Gasteiger charge is 2.34. The Bertz CT molecular complexity index is 370. The van der Waals surface area contributed by atoms with Gasteiger partial charge in [0.2, 0.25) is 0 Å². The summed E-state index contributed by atoms with van der Waals surface area (Å²) < 4.78 is 2.19. The van der Waals surface area contributed by atoms with Gasteiger partial charge in [0, 0.05) is 24.0 Å². The van der Waals surface area contributed by atoms with Gasteiger partial charge in [-0.15, -0.1) is 0 Å². The fraction of sp³-hybridized carbons (Fsp3) is 0.692. The minimum atomic E-state index is -0.678. The summed E-state index contributed by atoms with van der Waals surface area (Å²) in [5, 5.41) is 10.6. The van der Waals surface area contributed by atoms with Gasteiger partial charge in [0.15, 0.2) is 0 Å². The minimum Gasteiger partial charge on any atom is -0.385 e. The summed E-state index contributed by atoms with van der Waals surface area (Å²) in [5.74, 6) is 0. The first-order chi connectivity index (χ1) is 7.57. The molecule has 0 bridgehead atoms. The largest absolute Gasteiger partial charge is 0.385 e. The molecule has 1 atom stereocenters. The highest BCUT2D eigenvalue weighted by atomic mass is 16.3. The molecule has 0 saturated heterocycles. The third kappa shape index (κ3) is 1.89. The van der Waals surface area contributed by atoms with Crippen LogP contribution in [0.25, 0.3) is 0 Å². The molecule has 1 unspecified atom stereocenters. The van der Waals surface area contributed by atoms with E-state index in [1.165, 1.54) is 5.56 Å². The van der Waals surface area contributed by atoms with Gasteiger partial charge in [0.1, 0.15) is 0 Å². The van der Waals surface area contributed by atoms with Gasteiger partial charge in [-0.2, -0.15) is 0 Å². The lowest BCUT2D eigenvalue weighted by Gasteiger charge is -2.32. The van der Waals surface area contributed by atoms with E-state index in [0.717, 1.165) is 24.8 Å². The highest BCUT2D eigenvalue weighted by molar-refractivity contribution is 5.33. The minimum absolute atomic E-state index is 0.452. The SMILES string of the molecule is CC(C)n1cc2c(c1)C(O)(CCN)CCC2. The van der Waals surface area contributed by atoms with Crippen LogP contribution in [0.3, 0.4) is 0 Å². The van der Waals surface area contributed by atoms with Gasteiger partial charge in [-0.1, -0.05) is 0 Å². The van der Waals surface area contributed by atoms with E-state index in [2.05, 4.69) is 30.8 Å². The smallest absolute Gasteiger partial charge is 0.0925 e. The topological polar surface area (TPSA) is 51.2 Å². The molecule has 3 N–H and O–H groups in total. The highest BCUT2D eigenvalue weighted by Crippen LogP contribution is 2.38. The number of hydrogen-bond donors (Lipinski definition) is 2. The lowest BCUT2D eigenvalue weighted by Crippen LogP contribution is -2.32. The number of aryl methyl sites for hydroxylation is 1. The molecule has 1 heterocycles. The summed E-state index contributed by atoms with van der Waals surface area (Å²) in [6.45, 7) is 4.86. The van der Waals surface area contributed by atoms with Crippen molar-refractivity contribution in [1.82, 2.24) is 4.57 Å². The standard InChI is InChI=1S/C13H22N2O/c1-10(2)15-8-11-4-3-5-13(16,6-7-14)12(11)9-15/h8-10,16H,3-7,14H2,1-2H3. The fourth-order valence-corrected chi connectivity index (χ4v) is 2.64. The van der Waals surface area contributed by atoms with Gasteiger partial charge in [-0.3, -0.25) is 0 Å². The molecule has 90 valence electrons. The first-order valence-electron chi connectivity index (χ1n) is 6.20. The third-order valence-corrected chi connectivity index (χ3v) is 3.62. The Morgan fingerprint density at radius 1 is 1.50 bits per heavy atom. The second-order valence-corrected chi connectivity index (χ2v) is 5.16. The second-order valence-electron chi connectivity index (χ2n) is 5.16. The molecule has 0 radical (unpaired) electrons. The molecule has 0 spiro atoms. The number of rotatable bonds is 3. The van der Waals surface area contributed by atoms with Crippen LogP contribution in [0.2, 0.25) is 0 Å². The zero-order chi connectivity index (χ0) is 11.8. The fourth-order valence-electron chi connectivity index (χ4n) is 2.64. The van der Waals surface area contributed by atoms with E-state index in [9.17, 15) is 5.11 Å². The van der Waals surface area contributed by atoms with Gasteiger partial charge in [-0.05, 0) is 51.6 Å². The first kappa shape index (κ1) is 11.7. The van der Waals surface area contributed by atoms with Crippen molar-refractivity contribution in [2.24, 2.45) is 5.73 Å². The lowest BCUT2D eigenvalue weighted by molar-refractivity contribution is 0.0127. The van der Waals surface area contributed by atoms with Crippen LogP contribution >= 0.6 is 0 Å². The number of nitrogens with two attached hydrogens (primary N) is 1. The molecular weight excluding hydrogens is 200 g/mol. The Morgan fingerprint density at radius 3 is 2.88 bits per heavy atom. The van der Waals surface area contributed by atoms with Crippen LogP contribution < -0.4 is 5.73 Å². The van der Waals surface area contributed by atoms with Crippen LogP contribution in [0.5, 0.6) is 0 Å². The maximum absolute atomic E-state index is 10.6. The summed E-state index contributed by atoms with van der Waals surface area (Å²) >= 11 is 0. The van der Waals surface area contributed by atoms with Gasteiger partial charge < -0.3 is 15.4 Å². The molecule has 3 heteroatoms. The van der Waals surface area contributed by atoms with Gasteiger partial charge in [0.25, 0.3) is 0 Å². The van der Waals surface area contributed by atoms with E-state index in [1.54, 1.807) is 0 Å². The van der Waals surface area contributed by atoms with Gasteiger partial charge in [-0.25, -0.2) is 0 Å². The monoisotopic (exact) mass is 222 g/mol. The summed E-state index contributed by atoms with van der Waals surface area (Å²) in [6.07, 6.45) is 7.95. The average molecular weight is 222 g/mol. The Labute approximate surface area is 97.3 Å². The second kappa shape index (κ2) is 4.22. The average Bonchev–Trinajstić information content (AvgIpc) is 2.63. The molecule has 3 nitrogen and oxygen atoms in total. The molecule has 0 aliphatic heterocycles. The van der Waals surface area contributed by atoms with Crippen molar-refractivity contribution >= 4 is 0 Å². The Balaban J connectivity index is 2.38. The quantitative estimate of drug-likeness (QED) is 0.821. The summed E-state index contributed by atoms with van der Waals surface area (Å²) in [6, 6.07) is 0.452. The van der Waals surface area contributed by atoms with E-state index < -0.39 is 5.60 Å². The van der Waals surface area contributed by atoms with Crippen molar-refractivity contribution in [2.45, 2.75) is 51.2 Å². The molecule has 1 aromatic heterocycles. The molecule has 0 amide bonds. The van der Waals surface area contributed by atoms with Crippen molar-refractivity contribution in [1.29, 1.82) is 0 Å². The number of hydrogen-bond acceptors (Lipinski definition) is 2. The van der Waals surface area contributed by atoms with E-state index in [4.69, 9.17) is 5.73 Å².